The Bertz CT molecular complexity index is 519. The van der Waals surface area contributed by atoms with Crippen LogP contribution in [0.5, 0.6) is 0 Å². The Morgan fingerprint density at radius 1 is 1.38 bits per heavy atom. The number of halogens is 1. The van der Waals surface area contributed by atoms with Gasteiger partial charge in [0.15, 0.2) is 5.82 Å². The molecule has 0 amide bonds. The number of aromatic amines is 1. The van der Waals surface area contributed by atoms with Crippen LogP contribution >= 0.6 is 0 Å². The molecule has 1 aromatic carbocycles. The fourth-order valence-corrected chi connectivity index (χ4v) is 1.48. The highest BCUT2D eigenvalue weighted by atomic mass is 19.1. The van der Waals surface area contributed by atoms with Gasteiger partial charge in [-0.15, -0.1) is 0 Å². The number of nitrogen functional groups attached to an aromatic ring is 1. The van der Waals surface area contributed by atoms with E-state index in [1.54, 1.807) is 26.0 Å². The summed E-state index contributed by atoms with van der Waals surface area (Å²) in [7, 11) is 0. The molecule has 0 saturated heterocycles. The third kappa shape index (κ3) is 1.84. The molecule has 5 heteroatoms. The van der Waals surface area contributed by atoms with Crippen molar-refractivity contribution in [3.05, 3.63) is 35.4 Å². The Morgan fingerprint density at radius 3 is 2.75 bits per heavy atom. The molecule has 0 aliphatic heterocycles. The van der Waals surface area contributed by atoms with E-state index in [0.717, 1.165) is 0 Å². The first-order valence-corrected chi connectivity index (χ1v) is 4.92. The number of H-pyrrole nitrogens is 1. The van der Waals surface area contributed by atoms with E-state index in [1.807, 2.05) is 0 Å². The summed E-state index contributed by atoms with van der Waals surface area (Å²) in [5.74, 6) is 1.43. The van der Waals surface area contributed by atoms with Gasteiger partial charge in [0.2, 0.25) is 0 Å². The Hall–Kier alpha value is -2.04. The SMILES string of the molecule is Cc1nc(Nc2cccc(F)c2C)c(N)[nH]1. The van der Waals surface area contributed by atoms with Gasteiger partial charge in [-0.3, -0.25) is 0 Å². The second-order valence-corrected chi connectivity index (χ2v) is 3.62. The Kier molecular flexibility index (Phi) is 2.52. The molecular weight excluding hydrogens is 207 g/mol. The number of aromatic nitrogens is 2. The first-order valence-electron chi connectivity index (χ1n) is 4.92. The second kappa shape index (κ2) is 3.84. The van der Waals surface area contributed by atoms with E-state index in [2.05, 4.69) is 15.3 Å². The number of rotatable bonds is 2. The molecule has 2 aromatic rings. The highest BCUT2D eigenvalue weighted by Crippen LogP contribution is 2.24. The lowest BCUT2D eigenvalue weighted by Gasteiger charge is -2.07. The minimum absolute atomic E-state index is 0.254. The van der Waals surface area contributed by atoms with Crippen molar-refractivity contribution in [2.24, 2.45) is 0 Å². The van der Waals surface area contributed by atoms with Crippen LogP contribution in [-0.4, -0.2) is 9.97 Å². The molecular formula is C11H13FN4. The van der Waals surface area contributed by atoms with E-state index in [-0.39, 0.29) is 5.82 Å². The van der Waals surface area contributed by atoms with Gasteiger partial charge in [0.25, 0.3) is 0 Å². The van der Waals surface area contributed by atoms with Crippen LogP contribution < -0.4 is 11.1 Å². The minimum Gasteiger partial charge on any atom is -0.382 e. The van der Waals surface area contributed by atoms with Gasteiger partial charge in [-0.1, -0.05) is 6.07 Å². The monoisotopic (exact) mass is 220 g/mol. The summed E-state index contributed by atoms with van der Waals surface area (Å²) in [6, 6.07) is 4.84. The number of aryl methyl sites for hydroxylation is 1. The van der Waals surface area contributed by atoms with E-state index in [0.29, 0.717) is 28.7 Å². The van der Waals surface area contributed by atoms with Crippen LogP contribution in [0.3, 0.4) is 0 Å². The molecule has 1 heterocycles. The summed E-state index contributed by atoms with van der Waals surface area (Å²) in [5.41, 5.74) is 6.91. The summed E-state index contributed by atoms with van der Waals surface area (Å²) in [4.78, 5) is 7.03. The zero-order valence-electron chi connectivity index (χ0n) is 9.13. The fraction of sp³-hybridized carbons (Fsp3) is 0.182. The highest BCUT2D eigenvalue weighted by molar-refractivity contribution is 5.68. The maximum atomic E-state index is 13.3. The first-order chi connectivity index (χ1) is 7.58. The normalized spacial score (nSPS) is 10.4. The number of hydrogen-bond acceptors (Lipinski definition) is 3. The molecule has 4 N–H and O–H groups in total. The van der Waals surface area contributed by atoms with E-state index >= 15 is 0 Å². The molecule has 0 spiro atoms. The third-order valence-corrected chi connectivity index (χ3v) is 2.37. The van der Waals surface area contributed by atoms with Crippen molar-refractivity contribution in [2.75, 3.05) is 11.1 Å². The summed E-state index contributed by atoms with van der Waals surface area (Å²) < 4.78 is 13.3. The van der Waals surface area contributed by atoms with Crippen LogP contribution in [0.15, 0.2) is 18.2 Å². The van der Waals surface area contributed by atoms with E-state index in [1.165, 1.54) is 6.07 Å². The van der Waals surface area contributed by atoms with Crippen LogP contribution in [0.2, 0.25) is 0 Å². The number of nitrogens with zero attached hydrogens (tertiary/aromatic N) is 1. The first kappa shape index (κ1) is 10.5. The molecule has 84 valence electrons. The van der Waals surface area contributed by atoms with Gasteiger partial charge >= 0.3 is 0 Å². The van der Waals surface area contributed by atoms with Crippen molar-refractivity contribution in [3.8, 4) is 0 Å². The van der Waals surface area contributed by atoms with Gasteiger partial charge in [0, 0.05) is 11.3 Å². The number of anilines is 3. The fourth-order valence-electron chi connectivity index (χ4n) is 1.48. The van der Waals surface area contributed by atoms with Gasteiger partial charge in [-0.2, -0.15) is 0 Å². The van der Waals surface area contributed by atoms with Gasteiger partial charge in [-0.25, -0.2) is 9.37 Å². The summed E-state index contributed by atoms with van der Waals surface area (Å²) >= 11 is 0. The van der Waals surface area contributed by atoms with Crippen LogP contribution in [0.4, 0.5) is 21.7 Å². The van der Waals surface area contributed by atoms with Crippen LogP contribution in [0.25, 0.3) is 0 Å². The van der Waals surface area contributed by atoms with E-state index in [4.69, 9.17) is 5.73 Å². The van der Waals surface area contributed by atoms with Crippen molar-refractivity contribution in [3.63, 3.8) is 0 Å². The van der Waals surface area contributed by atoms with Gasteiger partial charge in [0.05, 0.1) is 0 Å². The molecule has 1 aromatic heterocycles. The molecule has 0 aliphatic carbocycles. The topological polar surface area (TPSA) is 66.7 Å². The zero-order chi connectivity index (χ0) is 11.7. The molecule has 0 bridgehead atoms. The molecule has 0 atom stereocenters. The number of nitrogens with two attached hydrogens (primary N) is 1. The molecule has 0 aliphatic rings. The predicted molar refractivity (Wildman–Crippen MR) is 62.2 cm³/mol. The minimum atomic E-state index is -0.254. The quantitative estimate of drug-likeness (QED) is 0.728. The number of nitrogens with one attached hydrogen (secondary N) is 2. The standard InChI is InChI=1S/C11H13FN4/c1-6-8(12)4-3-5-9(6)16-11-10(13)14-7(2)15-11/h3-5,16H,13H2,1-2H3,(H,14,15). The zero-order valence-corrected chi connectivity index (χ0v) is 9.13. The molecule has 0 fully saturated rings. The van der Waals surface area contributed by atoms with Gasteiger partial charge in [-0.05, 0) is 26.0 Å². The number of benzene rings is 1. The van der Waals surface area contributed by atoms with E-state index < -0.39 is 0 Å². The maximum Gasteiger partial charge on any atom is 0.173 e. The molecule has 4 nitrogen and oxygen atoms in total. The van der Waals surface area contributed by atoms with Crippen molar-refractivity contribution >= 4 is 17.3 Å². The second-order valence-electron chi connectivity index (χ2n) is 3.62. The summed E-state index contributed by atoms with van der Waals surface area (Å²) in [5, 5.41) is 2.99. The third-order valence-electron chi connectivity index (χ3n) is 2.37. The Labute approximate surface area is 92.7 Å². The van der Waals surface area contributed by atoms with Gasteiger partial charge < -0.3 is 16.0 Å². The largest absolute Gasteiger partial charge is 0.382 e. The molecule has 0 unspecified atom stereocenters. The molecule has 16 heavy (non-hydrogen) atoms. The summed E-state index contributed by atoms with van der Waals surface area (Å²) in [6.07, 6.45) is 0. The molecule has 0 saturated carbocycles. The molecule has 0 radical (unpaired) electrons. The van der Waals surface area contributed by atoms with Crippen LogP contribution in [-0.2, 0) is 0 Å². The van der Waals surface area contributed by atoms with E-state index in [9.17, 15) is 4.39 Å². The van der Waals surface area contributed by atoms with Crippen molar-refractivity contribution in [1.29, 1.82) is 0 Å². The maximum absolute atomic E-state index is 13.3. The number of hydrogen-bond donors (Lipinski definition) is 3. The lowest BCUT2D eigenvalue weighted by Crippen LogP contribution is -1.98. The van der Waals surface area contributed by atoms with Crippen molar-refractivity contribution in [2.45, 2.75) is 13.8 Å². The van der Waals surface area contributed by atoms with Gasteiger partial charge in [0.1, 0.15) is 17.5 Å². The van der Waals surface area contributed by atoms with Crippen LogP contribution in [0.1, 0.15) is 11.4 Å². The predicted octanol–water partition coefficient (Wildman–Crippen LogP) is 2.49. The number of imidazole rings is 1. The Morgan fingerprint density at radius 2 is 2.12 bits per heavy atom. The smallest absolute Gasteiger partial charge is 0.173 e. The van der Waals surface area contributed by atoms with Crippen molar-refractivity contribution < 1.29 is 4.39 Å². The lowest BCUT2D eigenvalue weighted by atomic mass is 10.2. The Balaban J connectivity index is 2.34. The average molecular weight is 220 g/mol. The average Bonchev–Trinajstić information content (AvgIpc) is 2.53. The molecule has 2 rings (SSSR count). The summed E-state index contributed by atoms with van der Waals surface area (Å²) in [6.45, 7) is 3.51. The lowest BCUT2D eigenvalue weighted by molar-refractivity contribution is 0.619. The van der Waals surface area contributed by atoms with Crippen molar-refractivity contribution in [1.82, 2.24) is 9.97 Å². The highest BCUT2D eigenvalue weighted by Gasteiger charge is 2.08. The van der Waals surface area contributed by atoms with Crippen LogP contribution in [0, 0.1) is 19.7 Å².